The highest BCUT2D eigenvalue weighted by atomic mass is 16.5. The number of nitrogens with zero attached hydrogens (tertiary/aromatic N) is 1. The molecule has 0 spiro atoms. The molecule has 0 atom stereocenters. The monoisotopic (exact) mass is 244 g/mol. The van der Waals surface area contributed by atoms with Crippen LogP contribution in [0.4, 0.5) is 5.82 Å². The number of nitrogen functional groups attached to an aromatic ring is 1. The maximum atomic E-state index is 5.64. The summed E-state index contributed by atoms with van der Waals surface area (Å²) in [6.45, 7) is 2.98. The number of anilines is 1. The molecular formula is C14H16N2O2. The SMILES string of the molecule is CCOc1cccc(OCc2cccc(N)n2)c1. The molecule has 0 aliphatic rings. The number of pyridine rings is 1. The number of hydrogen-bond acceptors (Lipinski definition) is 4. The summed E-state index contributed by atoms with van der Waals surface area (Å²) < 4.78 is 11.0. The van der Waals surface area contributed by atoms with Gasteiger partial charge in [-0.1, -0.05) is 12.1 Å². The van der Waals surface area contributed by atoms with E-state index in [4.69, 9.17) is 15.2 Å². The van der Waals surface area contributed by atoms with Gasteiger partial charge in [0, 0.05) is 6.07 Å². The molecule has 94 valence electrons. The lowest BCUT2D eigenvalue weighted by atomic mass is 10.3. The minimum absolute atomic E-state index is 0.390. The molecule has 0 fully saturated rings. The van der Waals surface area contributed by atoms with E-state index in [-0.39, 0.29) is 0 Å². The van der Waals surface area contributed by atoms with Gasteiger partial charge in [-0.05, 0) is 31.2 Å². The van der Waals surface area contributed by atoms with Crippen LogP contribution in [0.2, 0.25) is 0 Å². The standard InChI is InChI=1S/C14H16N2O2/c1-2-17-12-6-4-7-13(9-12)18-10-11-5-3-8-14(15)16-11/h3-9H,2,10H2,1H3,(H2,15,16). The Bertz CT molecular complexity index is 515. The molecule has 1 aromatic carbocycles. The van der Waals surface area contributed by atoms with Crippen LogP contribution in [-0.4, -0.2) is 11.6 Å². The van der Waals surface area contributed by atoms with Crippen molar-refractivity contribution in [2.75, 3.05) is 12.3 Å². The summed E-state index contributed by atoms with van der Waals surface area (Å²) in [6, 6.07) is 13.0. The summed E-state index contributed by atoms with van der Waals surface area (Å²) in [5, 5.41) is 0. The van der Waals surface area contributed by atoms with Crippen LogP contribution in [0.3, 0.4) is 0 Å². The Hall–Kier alpha value is -2.23. The fourth-order valence-corrected chi connectivity index (χ4v) is 1.56. The van der Waals surface area contributed by atoms with Crippen molar-refractivity contribution in [2.24, 2.45) is 0 Å². The lowest BCUT2D eigenvalue weighted by Gasteiger charge is -2.08. The van der Waals surface area contributed by atoms with Crippen LogP contribution in [0.25, 0.3) is 0 Å². The molecule has 0 unspecified atom stereocenters. The number of rotatable bonds is 5. The zero-order chi connectivity index (χ0) is 12.8. The van der Waals surface area contributed by atoms with E-state index in [9.17, 15) is 0 Å². The van der Waals surface area contributed by atoms with Crippen LogP contribution >= 0.6 is 0 Å². The fraction of sp³-hybridized carbons (Fsp3) is 0.214. The maximum Gasteiger partial charge on any atom is 0.130 e. The van der Waals surface area contributed by atoms with E-state index in [0.29, 0.717) is 19.0 Å². The van der Waals surface area contributed by atoms with Crippen LogP contribution in [0.5, 0.6) is 11.5 Å². The highest BCUT2D eigenvalue weighted by Crippen LogP contribution is 2.20. The van der Waals surface area contributed by atoms with E-state index < -0.39 is 0 Å². The van der Waals surface area contributed by atoms with Crippen LogP contribution in [0, 0.1) is 0 Å². The van der Waals surface area contributed by atoms with Gasteiger partial charge in [0.2, 0.25) is 0 Å². The summed E-state index contributed by atoms with van der Waals surface area (Å²) >= 11 is 0. The van der Waals surface area contributed by atoms with Gasteiger partial charge in [0.05, 0.1) is 12.3 Å². The van der Waals surface area contributed by atoms with Crippen LogP contribution in [-0.2, 0) is 6.61 Å². The summed E-state index contributed by atoms with van der Waals surface area (Å²) in [5.41, 5.74) is 6.41. The predicted molar refractivity (Wildman–Crippen MR) is 70.6 cm³/mol. The Morgan fingerprint density at radius 1 is 1.06 bits per heavy atom. The summed E-state index contributed by atoms with van der Waals surface area (Å²) in [6.07, 6.45) is 0. The minimum atomic E-state index is 0.390. The summed E-state index contributed by atoms with van der Waals surface area (Å²) in [7, 11) is 0. The number of nitrogens with two attached hydrogens (primary N) is 1. The largest absolute Gasteiger partial charge is 0.494 e. The third kappa shape index (κ3) is 3.38. The molecule has 0 bridgehead atoms. The smallest absolute Gasteiger partial charge is 0.130 e. The van der Waals surface area contributed by atoms with Crippen molar-refractivity contribution >= 4 is 5.82 Å². The molecule has 0 saturated carbocycles. The molecule has 2 aromatic rings. The molecule has 0 aliphatic heterocycles. The Morgan fingerprint density at radius 2 is 1.78 bits per heavy atom. The molecule has 1 aromatic heterocycles. The highest BCUT2D eigenvalue weighted by Gasteiger charge is 1.99. The third-order valence-corrected chi connectivity index (χ3v) is 2.33. The fourth-order valence-electron chi connectivity index (χ4n) is 1.56. The van der Waals surface area contributed by atoms with Crippen molar-refractivity contribution in [1.82, 2.24) is 4.98 Å². The molecule has 2 N–H and O–H groups in total. The summed E-state index contributed by atoms with van der Waals surface area (Å²) in [5.74, 6) is 2.06. The van der Waals surface area contributed by atoms with Crippen LogP contribution < -0.4 is 15.2 Å². The molecule has 18 heavy (non-hydrogen) atoms. The van der Waals surface area contributed by atoms with E-state index in [1.807, 2.05) is 43.3 Å². The van der Waals surface area contributed by atoms with Gasteiger partial charge in [0.15, 0.2) is 0 Å². The second kappa shape index (κ2) is 5.91. The van der Waals surface area contributed by atoms with Crippen LogP contribution in [0.1, 0.15) is 12.6 Å². The van der Waals surface area contributed by atoms with Crippen LogP contribution in [0.15, 0.2) is 42.5 Å². The first-order chi connectivity index (χ1) is 8.78. The molecule has 0 amide bonds. The third-order valence-electron chi connectivity index (χ3n) is 2.33. The van der Waals surface area contributed by atoms with Gasteiger partial charge in [0.1, 0.15) is 23.9 Å². The van der Waals surface area contributed by atoms with E-state index in [2.05, 4.69) is 4.98 Å². The predicted octanol–water partition coefficient (Wildman–Crippen LogP) is 2.64. The zero-order valence-electron chi connectivity index (χ0n) is 10.3. The average molecular weight is 244 g/mol. The molecule has 1 heterocycles. The van der Waals surface area contributed by atoms with E-state index in [1.54, 1.807) is 6.07 Å². The van der Waals surface area contributed by atoms with Crippen molar-refractivity contribution in [2.45, 2.75) is 13.5 Å². The lowest BCUT2D eigenvalue weighted by Crippen LogP contribution is -2.00. The number of ether oxygens (including phenoxy) is 2. The second-order valence-electron chi connectivity index (χ2n) is 3.75. The van der Waals surface area contributed by atoms with Crippen molar-refractivity contribution < 1.29 is 9.47 Å². The molecule has 4 nitrogen and oxygen atoms in total. The lowest BCUT2D eigenvalue weighted by molar-refractivity contribution is 0.295. The molecule has 0 saturated heterocycles. The second-order valence-corrected chi connectivity index (χ2v) is 3.75. The maximum absolute atomic E-state index is 5.64. The quantitative estimate of drug-likeness (QED) is 0.878. The van der Waals surface area contributed by atoms with Gasteiger partial charge in [-0.2, -0.15) is 0 Å². The topological polar surface area (TPSA) is 57.4 Å². The molecular weight excluding hydrogens is 228 g/mol. The van der Waals surface area contributed by atoms with Gasteiger partial charge in [-0.25, -0.2) is 4.98 Å². The summed E-state index contributed by atoms with van der Waals surface area (Å²) in [4.78, 5) is 4.17. The molecule has 0 radical (unpaired) electrons. The number of aromatic nitrogens is 1. The first-order valence-electron chi connectivity index (χ1n) is 5.85. The Labute approximate surface area is 106 Å². The van der Waals surface area contributed by atoms with Gasteiger partial charge in [0.25, 0.3) is 0 Å². The van der Waals surface area contributed by atoms with Gasteiger partial charge < -0.3 is 15.2 Å². The van der Waals surface area contributed by atoms with Crippen molar-refractivity contribution in [3.8, 4) is 11.5 Å². The van der Waals surface area contributed by atoms with Crippen molar-refractivity contribution in [3.05, 3.63) is 48.2 Å². The van der Waals surface area contributed by atoms with E-state index in [0.717, 1.165) is 17.2 Å². The average Bonchev–Trinajstić information content (AvgIpc) is 2.37. The molecule has 0 aliphatic carbocycles. The zero-order valence-corrected chi connectivity index (χ0v) is 10.3. The highest BCUT2D eigenvalue weighted by molar-refractivity contribution is 5.33. The van der Waals surface area contributed by atoms with Crippen molar-refractivity contribution in [3.63, 3.8) is 0 Å². The van der Waals surface area contributed by atoms with Gasteiger partial charge in [-0.15, -0.1) is 0 Å². The Morgan fingerprint density at radius 3 is 2.50 bits per heavy atom. The minimum Gasteiger partial charge on any atom is -0.494 e. The molecule has 2 rings (SSSR count). The van der Waals surface area contributed by atoms with Gasteiger partial charge in [-0.3, -0.25) is 0 Å². The van der Waals surface area contributed by atoms with Crippen molar-refractivity contribution in [1.29, 1.82) is 0 Å². The number of hydrogen-bond donors (Lipinski definition) is 1. The van der Waals surface area contributed by atoms with Gasteiger partial charge >= 0.3 is 0 Å². The normalized spacial score (nSPS) is 10.1. The molecule has 4 heteroatoms. The number of benzene rings is 1. The Kier molecular flexibility index (Phi) is 4.02. The first kappa shape index (κ1) is 12.2. The van der Waals surface area contributed by atoms with E-state index in [1.165, 1.54) is 0 Å². The first-order valence-corrected chi connectivity index (χ1v) is 5.85. The Balaban J connectivity index is 1.99. The van der Waals surface area contributed by atoms with E-state index >= 15 is 0 Å².